The Balaban J connectivity index is 1.12. The van der Waals surface area contributed by atoms with E-state index in [4.69, 9.17) is 15.0 Å². The fourth-order valence-electron chi connectivity index (χ4n) is 8.93. The first-order chi connectivity index (χ1) is 31.2. The molecule has 0 aliphatic heterocycles. The number of hydrogen-bond donors (Lipinski definition) is 0. The standard InChI is InChI=1S/C58H41N5/c1-2-3-4-5-15-35-54-59-57(40-21-9-6-10-22-40)61-58(60-54)43-24-18-23-41(38-43)46-30-19-32-50-51-33-20-31-47(56(51)63(55(46)50)45-27-13-8-14-28-45)42-36-37-49-48-29-16-17-34-52(48)62(53(49)39-42)44-25-11-7-12-26-44/h2-39H,1H3/b3-2-,5-4+,35-15+. The highest BCUT2D eigenvalue weighted by molar-refractivity contribution is 6.18. The monoisotopic (exact) mass is 807 g/mol. The molecule has 0 saturated heterocycles. The molecule has 11 aromatic rings. The van der Waals surface area contributed by atoms with Crippen LogP contribution in [0.3, 0.4) is 0 Å². The minimum Gasteiger partial charge on any atom is -0.309 e. The first-order valence-electron chi connectivity index (χ1n) is 21.3. The van der Waals surface area contributed by atoms with E-state index in [9.17, 15) is 0 Å². The number of hydrogen-bond acceptors (Lipinski definition) is 3. The van der Waals surface area contributed by atoms with Gasteiger partial charge in [0.1, 0.15) is 0 Å². The second-order valence-corrected chi connectivity index (χ2v) is 15.6. The van der Waals surface area contributed by atoms with Crippen molar-refractivity contribution in [2.24, 2.45) is 0 Å². The Labute approximate surface area is 365 Å². The molecule has 0 atom stereocenters. The highest BCUT2D eigenvalue weighted by Crippen LogP contribution is 2.43. The molecule has 0 aliphatic rings. The summed E-state index contributed by atoms with van der Waals surface area (Å²) in [7, 11) is 0. The molecule has 0 unspecified atom stereocenters. The van der Waals surface area contributed by atoms with Gasteiger partial charge in [-0.1, -0.05) is 182 Å². The zero-order chi connectivity index (χ0) is 42.1. The van der Waals surface area contributed by atoms with Crippen molar-refractivity contribution in [2.75, 3.05) is 0 Å². The summed E-state index contributed by atoms with van der Waals surface area (Å²) < 4.78 is 4.85. The summed E-state index contributed by atoms with van der Waals surface area (Å²) in [4.78, 5) is 14.9. The van der Waals surface area contributed by atoms with Crippen LogP contribution < -0.4 is 0 Å². The molecule has 0 saturated carbocycles. The van der Waals surface area contributed by atoms with Crippen molar-refractivity contribution in [1.29, 1.82) is 0 Å². The summed E-state index contributed by atoms with van der Waals surface area (Å²) >= 11 is 0. The second-order valence-electron chi connectivity index (χ2n) is 15.6. The number of para-hydroxylation sites is 5. The number of nitrogens with zero attached hydrogens (tertiary/aromatic N) is 5. The van der Waals surface area contributed by atoms with Crippen LogP contribution in [0.5, 0.6) is 0 Å². The number of rotatable bonds is 9. The maximum absolute atomic E-state index is 5.04. The van der Waals surface area contributed by atoms with Gasteiger partial charge in [-0.05, 0) is 66.6 Å². The van der Waals surface area contributed by atoms with E-state index < -0.39 is 0 Å². The minimum atomic E-state index is 0.593. The number of allylic oxidation sites excluding steroid dienone is 5. The molecule has 0 spiro atoms. The molecule has 0 bridgehead atoms. The summed E-state index contributed by atoms with van der Waals surface area (Å²) in [6.45, 7) is 2.00. The van der Waals surface area contributed by atoms with E-state index in [-0.39, 0.29) is 0 Å². The van der Waals surface area contributed by atoms with Crippen LogP contribution in [0.15, 0.2) is 225 Å². The molecule has 0 radical (unpaired) electrons. The second kappa shape index (κ2) is 16.2. The topological polar surface area (TPSA) is 48.5 Å². The van der Waals surface area contributed by atoms with E-state index in [1.807, 2.05) is 73.7 Å². The first kappa shape index (κ1) is 37.6. The minimum absolute atomic E-state index is 0.593. The number of aromatic nitrogens is 5. The zero-order valence-corrected chi connectivity index (χ0v) is 34.7. The molecule has 3 heterocycles. The van der Waals surface area contributed by atoms with Crippen molar-refractivity contribution in [1.82, 2.24) is 24.1 Å². The summed E-state index contributed by atoms with van der Waals surface area (Å²) in [5.74, 6) is 1.84. The van der Waals surface area contributed by atoms with Crippen LogP contribution >= 0.6 is 0 Å². The Morgan fingerprint density at radius 3 is 1.59 bits per heavy atom. The van der Waals surface area contributed by atoms with E-state index in [0.29, 0.717) is 17.5 Å². The van der Waals surface area contributed by atoms with Gasteiger partial charge in [0, 0.05) is 55.2 Å². The maximum Gasteiger partial charge on any atom is 0.164 e. The van der Waals surface area contributed by atoms with Gasteiger partial charge in [-0.3, -0.25) is 0 Å². The molecule has 5 heteroatoms. The molecule has 3 aromatic heterocycles. The van der Waals surface area contributed by atoms with Crippen LogP contribution in [0.4, 0.5) is 0 Å². The molecule has 0 fully saturated rings. The third kappa shape index (κ3) is 6.82. The van der Waals surface area contributed by atoms with Gasteiger partial charge < -0.3 is 9.13 Å². The van der Waals surface area contributed by atoms with Crippen molar-refractivity contribution in [3.63, 3.8) is 0 Å². The Morgan fingerprint density at radius 2 is 0.889 bits per heavy atom. The predicted molar refractivity (Wildman–Crippen MR) is 263 cm³/mol. The van der Waals surface area contributed by atoms with Gasteiger partial charge in [-0.2, -0.15) is 0 Å². The lowest BCUT2D eigenvalue weighted by Crippen LogP contribution is -2.00. The Kier molecular flexibility index (Phi) is 9.68. The average molecular weight is 808 g/mol. The van der Waals surface area contributed by atoms with Crippen molar-refractivity contribution in [3.8, 4) is 56.4 Å². The molecule has 5 nitrogen and oxygen atoms in total. The molecular weight excluding hydrogens is 767 g/mol. The molecule has 298 valence electrons. The Hall–Kier alpha value is -8.41. The van der Waals surface area contributed by atoms with Crippen LogP contribution in [0, 0.1) is 0 Å². The van der Waals surface area contributed by atoms with E-state index in [1.165, 1.54) is 38.1 Å². The lowest BCUT2D eigenvalue weighted by Gasteiger charge is -2.15. The van der Waals surface area contributed by atoms with Gasteiger partial charge in [-0.25, -0.2) is 15.0 Å². The normalized spacial score (nSPS) is 12.0. The van der Waals surface area contributed by atoms with Gasteiger partial charge in [0.2, 0.25) is 0 Å². The van der Waals surface area contributed by atoms with Gasteiger partial charge in [0.15, 0.2) is 17.5 Å². The lowest BCUT2D eigenvalue weighted by molar-refractivity contribution is 1.04. The Bertz CT molecular complexity index is 3560. The van der Waals surface area contributed by atoms with Gasteiger partial charge in [0.25, 0.3) is 0 Å². The average Bonchev–Trinajstić information content (AvgIpc) is 3.88. The smallest absolute Gasteiger partial charge is 0.164 e. The van der Waals surface area contributed by atoms with Crippen LogP contribution in [-0.4, -0.2) is 24.1 Å². The first-order valence-corrected chi connectivity index (χ1v) is 21.3. The van der Waals surface area contributed by atoms with E-state index in [2.05, 4.69) is 173 Å². The quantitative estimate of drug-likeness (QED) is 0.137. The third-order valence-corrected chi connectivity index (χ3v) is 11.7. The molecular formula is C58H41N5. The fraction of sp³-hybridized carbons (Fsp3) is 0.0172. The SMILES string of the molecule is C\C=C/C=C/C=C/c1nc(-c2ccccc2)nc(-c2cccc(-c3cccc4c5cccc(-c6ccc7c8ccccc8n(-c8ccccc8)c7c6)c5n(-c5ccccc5)c34)c2)n1. The molecule has 0 amide bonds. The molecule has 11 rings (SSSR count). The van der Waals surface area contributed by atoms with E-state index in [1.54, 1.807) is 0 Å². The molecule has 63 heavy (non-hydrogen) atoms. The zero-order valence-electron chi connectivity index (χ0n) is 34.7. The summed E-state index contributed by atoms with van der Waals surface area (Å²) in [5.41, 5.74) is 13.3. The van der Waals surface area contributed by atoms with Gasteiger partial charge >= 0.3 is 0 Å². The fourth-order valence-corrected chi connectivity index (χ4v) is 8.93. The van der Waals surface area contributed by atoms with Crippen molar-refractivity contribution in [2.45, 2.75) is 6.92 Å². The molecule has 0 aliphatic carbocycles. The Morgan fingerprint density at radius 1 is 0.365 bits per heavy atom. The number of benzene rings is 8. The number of fused-ring (bicyclic) bond motifs is 6. The van der Waals surface area contributed by atoms with Crippen molar-refractivity contribution in [3.05, 3.63) is 230 Å². The van der Waals surface area contributed by atoms with E-state index >= 15 is 0 Å². The summed E-state index contributed by atoms with van der Waals surface area (Å²) in [5, 5.41) is 4.85. The van der Waals surface area contributed by atoms with E-state index in [0.717, 1.165) is 50.2 Å². The third-order valence-electron chi connectivity index (χ3n) is 11.7. The van der Waals surface area contributed by atoms with Gasteiger partial charge in [0.05, 0.1) is 22.1 Å². The molecule has 8 aromatic carbocycles. The van der Waals surface area contributed by atoms with Crippen molar-refractivity contribution < 1.29 is 0 Å². The van der Waals surface area contributed by atoms with Crippen LogP contribution in [0.2, 0.25) is 0 Å². The maximum atomic E-state index is 5.04. The van der Waals surface area contributed by atoms with Crippen LogP contribution in [-0.2, 0) is 0 Å². The highest BCUT2D eigenvalue weighted by Gasteiger charge is 2.21. The lowest BCUT2D eigenvalue weighted by atomic mass is 9.98. The highest BCUT2D eigenvalue weighted by atomic mass is 15.0. The van der Waals surface area contributed by atoms with Crippen molar-refractivity contribution >= 4 is 49.7 Å². The predicted octanol–water partition coefficient (Wildman–Crippen LogP) is 14.9. The van der Waals surface area contributed by atoms with Gasteiger partial charge in [-0.15, -0.1) is 0 Å². The summed E-state index contributed by atoms with van der Waals surface area (Å²) in [6, 6.07) is 69.1. The van der Waals surface area contributed by atoms with Crippen LogP contribution in [0.25, 0.3) is 106 Å². The van der Waals surface area contributed by atoms with Crippen LogP contribution in [0.1, 0.15) is 12.7 Å². The summed E-state index contributed by atoms with van der Waals surface area (Å²) in [6.07, 6.45) is 11.8. The largest absolute Gasteiger partial charge is 0.309 e. The molecule has 0 N–H and O–H groups in total.